The number of nitrogens with zero attached hydrogens (tertiary/aromatic N) is 2. The molecule has 0 saturated heterocycles. The summed E-state index contributed by atoms with van der Waals surface area (Å²) in [6.45, 7) is 1.50. The van der Waals surface area contributed by atoms with Gasteiger partial charge in [-0.1, -0.05) is 0 Å². The second kappa shape index (κ2) is 6.84. The van der Waals surface area contributed by atoms with Crippen molar-refractivity contribution >= 4 is 11.6 Å². The van der Waals surface area contributed by atoms with E-state index in [9.17, 15) is 0 Å². The first-order valence-corrected chi connectivity index (χ1v) is 5.13. The van der Waals surface area contributed by atoms with E-state index < -0.39 is 0 Å². The van der Waals surface area contributed by atoms with Crippen LogP contribution in [0.15, 0.2) is 6.33 Å². The number of aromatic nitrogens is 2. The van der Waals surface area contributed by atoms with Gasteiger partial charge < -0.3 is 20.1 Å². The number of rotatable bonds is 7. The van der Waals surface area contributed by atoms with Gasteiger partial charge in [-0.25, -0.2) is 9.97 Å². The van der Waals surface area contributed by atoms with E-state index in [2.05, 4.69) is 20.6 Å². The second-order valence-electron chi connectivity index (χ2n) is 3.13. The van der Waals surface area contributed by atoms with Gasteiger partial charge in [-0.3, -0.25) is 0 Å². The molecule has 1 aromatic heterocycles. The van der Waals surface area contributed by atoms with Crippen LogP contribution in [0.3, 0.4) is 0 Å². The van der Waals surface area contributed by atoms with Crippen LogP contribution in [0.1, 0.15) is 6.42 Å². The lowest BCUT2D eigenvalue weighted by Gasteiger charge is -2.12. The van der Waals surface area contributed by atoms with Crippen molar-refractivity contribution in [2.45, 2.75) is 6.42 Å². The minimum atomic E-state index is 0.627. The highest BCUT2D eigenvalue weighted by Gasteiger charge is 2.09. The first-order valence-electron chi connectivity index (χ1n) is 5.13. The quantitative estimate of drug-likeness (QED) is 0.675. The van der Waals surface area contributed by atoms with Gasteiger partial charge in [0.15, 0.2) is 11.6 Å². The van der Waals surface area contributed by atoms with Crippen LogP contribution >= 0.6 is 0 Å². The van der Waals surface area contributed by atoms with Crippen molar-refractivity contribution in [2.75, 3.05) is 45.1 Å². The molecule has 2 N–H and O–H groups in total. The summed E-state index contributed by atoms with van der Waals surface area (Å²) in [6.07, 6.45) is 2.41. The van der Waals surface area contributed by atoms with E-state index in [0.29, 0.717) is 17.4 Å². The fourth-order valence-electron chi connectivity index (χ4n) is 1.29. The van der Waals surface area contributed by atoms with Gasteiger partial charge in [0, 0.05) is 27.3 Å². The van der Waals surface area contributed by atoms with E-state index in [-0.39, 0.29) is 0 Å². The molecular weight excluding hydrogens is 208 g/mol. The summed E-state index contributed by atoms with van der Waals surface area (Å²) in [6, 6.07) is 0. The molecule has 0 aliphatic heterocycles. The monoisotopic (exact) mass is 226 g/mol. The average molecular weight is 226 g/mol. The predicted molar refractivity (Wildman–Crippen MR) is 63.1 cm³/mol. The molecule has 1 rings (SSSR count). The summed E-state index contributed by atoms with van der Waals surface area (Å²) in [5.74, 6) is 1.99. The van der Waals surface area contributed by atoms with Gasteiger partial charge >= 0.3 is 0 Å². The van der Waals surface area contributed by atoms with Crippen LogP contribution in [0.4, 0.5) is 11.6 Å². The Labute approximate surface area is 95.4 Å². The molecule has 0 amide bonds. The molecule has 0 atom stereocenters. The normalized spacial score (nSPS) is 9.94. The Balaban J connectivity index is 2.63. The SMILES string of the molecule is CNc1ncnc(NCCCOC)c1OC. The number of anilines is 2. The first-order chi connectivity index (χ1) is 7.83. The van der Waals surface area contributed by atoms with E-state index in [1.165, 1.54) is 6.33 Å². The lowest BCUT2D eigenvalue weighted by atomic mass is 10.4. The number of hydrogen-bond acceptors (Lipinski definition) is 6. The smallest absolute Gasteiger partial charge is 0.204 e. The fraction of sp³-hybridized carbons (Fsp3) is 0.600. The summed E-state index contributed by atoms with van der Waals surface area (Å²) >= 11 is 0. The van der Waals surface area contributed by atoms with Gasteiger partial charge in [0.1, 0.15) is 6.33 Å². The molecule has 0 radical (unpaired) electrons. The summed E-state index contributed by atoms with van der Waals surface area (Å²) in [5, 5.41) is 6.13. The molecule has 1 aromatic rings. The fourth-order valence-corrected chi connectivity index (χ4v) is 1.29. The number of hydrogen-bond donors (Lipinski definition) is 2. The van der Waals surface area contributed by atoms with Crippen LogP contribution < -0.4 is 15.4 Å². The molecule has 0 unspecified atom stereocenters. The first kappa shape index (κ1) is 12.5. The van der Waals surface area contributed by atoms with E-state index >= 15 is 0 Å². The highest BCUT2D eigenvalue weighted by molar-refractivity contribution is 5.63. The van der Waals surface area contributed by atoms with Gasteiger partial charge in [0.2, 0.25) is 5.75 Å². The standard InChI is InChI=1S/C10H18N4O2/c1-11-9-8(16-3)10(14-7-13-9)12-5-4-6-15-2/h7H,4-6H2,1-3H3,(H2,11,12,13,14). The molecule has 0 bridgehead atoms. The zero-order valence-corrected chi connectivity index (χ0v) is 9.91. The van der Waals surface area contributed by atoms with Crippen LogP contribution in [-0.4, -0.2) is 44.4 Å². The van der Waals surface area contributed by atoms with E-state index in [4.69, 9.17) is 9.47 Å². The lowest BCUT2D eigenvalue weighted by Crippen LogP contribution is -2.09. The Hall–Kier alpha value is -1.56. The third-order valence-corrected chi connectivity index (χ3v) is 2.06. The number of nitrogens with one attached hydrogen (secondary N) is 2. The largest absolute Gasteiger partial charge is 0.490 e. The van der Waals surface area contributed by atoms with Crippen LogP contribution in [0.5, 0.6) is 5.75 Å². The van der Waals surface area contributed by atoms with E-state index in [1.54, 1.807) is 21.3 Å². The van der Waals surface area contributed by atoms with Gasteiger partial charge in [0.05, 0.1) is 7.11 Å². The molecule has 1 heterocycles. The van der Waals surface area contributed by atoms with Crippen LogP contribution in [0.25, 0.3) is 0 Å². The number of methoxy groups -OCH3 is 2. The van der Waals surface area contributed by atoms with Crippen LogP contribution in [0, 0.1) is 0 Å². The Morgan fingerprint density at radius 2 is 2.00 bits per heavy atom. The third kappa shape index (κ3) is 3.23. The van der Waals surface area contributed by atoms with Crippen LogP contribution in [-0.2, 0) is 4.74 Å². The highest BCUT2D eigenvalue weighted by atomic mass is 16.5. The molecule has 0 spiro atoms. The minimum absolute atomic E-state index is 0.627. The zero-order valence-electron chi connectivity index (χ0n) is 9.91. The predicted octanol–water partition coefficient (Wildman–Crippen LogP) is 0.975. The number of ether oxygens (including phenoxy) is 2. The summed E-state index contributed by atoms with van der Waals surface area (Å²) < 4.78 is 10.2. The third-order valence-electron chi connectivity index (χ3n) is 2.06. The molecule has 90 valence electrons. The molecule has 0 aliphatic rings. The molecule has 6 heteroatoms. The van der Waals surface area contributed by atoms with Gasteiger partial charge in [-0.15, -0.1) is 0 Å². The second-order valence-corrected chi connectivity index (χ2v) is 3.13. The van der Waals surface area contributed by atoms with Gasteiger partial charge in [0.25, 0.3) is 0 Å². The van der Waals surface area contributed by atoms with Crippen molar-refractivity contribution in [3.63, 3.8) is 0 Å². The zero-order chi connectivity index (χ0) is 11.8. The minimum Gasteiger partial charge on any atom is -0.490 e. The van der Waals surface area contributed by atoms with E-state index in [0.717, 1.165) is 19.6 Å². The molecule has 0 aromatic carbocycles. The average Bonchev–Trinajstić information content (AvgIpc) is 2.34. The Kier molecular flexibility index (Phi) is 5.35. The topological polar surface area (TPSA) is 68.3 Å². The van der Waals surface area contributed by atoms with Gasteiger partial charge in [-0.05, 0) is 6.42 Å². The summed E-state index contributed by atoms with van der Waals surface area (Å²) in [7, 11) is 5.07. The highest BCUT2D eigenvalue weighted by Crippen LogP contribution is 2.28. The van der Waals surface area contributed by atoms with Crippen molar-refractivity contribution in [1.82, 2.24) is 9.97 Å². The molecular formula is C10H18N4O2. The van der Waals surface area contributed by atoms with Crippen LogP contribution in [0.2, 0.25) is 0 Å². The van der Waals surface area contributed by atoms with Crippen molar-refractivity contribution in [3.8, 4) is 5.75 Å². The molecule has 0 fully saturated rings. The maximum atomic E-state index is 5.24. The van der Waals surface area contributed by atoms with Gasteiger partial charge in [-0.2, -0.15) is 0 Å². The maximum absolute atomic E-state index is 5.24. The molecule has 6 nitrogen and oxygen atoms in total. The Morgan fingerprint density at radius 3 is 2.62 bits per heavy atom. The lowest BCUT2D eigenvalue weighted by molar-refractivity contribution is 0.197. The van der Waals surface area contributed by atoms with Crippen molar-refractivity contribution in [1.29, 1.82) is 0 Å². The molecule has 0 aliphatic carbocycles. The molecule has 0 saturated carbocycles. The van der Waals surface area contributed by atoms with Crippen molar-refractivity contribution < 1.29 is 9.47 Å². The van der Waals surface area contributed by atoms with E-state index in [1.807, 2.05) is 0 Å². The Morgan fingerprint density at radius 1 is 1.25 bits per heavy atom. The van der Waals surface area contributed by atoms with Crippen molar-refractivity contribution in [3.05, 3.63) is 6.33 Å². The van der Waals surface area contributed by atoms with Crippen molar-refractivity contribution in [2.24, 2.45) is 0 Å². The Bertz CT molecular complexity index is 320. The summed E-state index contributed by atoms with van der Waals surface area (Å²) in [4.78, 5) is 8.19. The summed E-state index contributed by atoms with van der Waals surface area (Å²) in [5.41, 5.74) is 0. The maximum Gasteiger partial charge on any atom is 0.204 e. The molecule has 16 heavy (non-hydrogen) atoms.